The van der Waals surface area contributed by atoms with Gasteiger partial charge in [-0.1, -0.05) is 0 Å². The van der Waals surface area contributed by atoms with Gasteiger partial charge in [0.25, 0.3) is 0 Å². The molecule has 0 saturated heterocycles. The second kappa shape index (κ2) is 7.22. The van der Waals surface area contributed by atoms with Gasteiger partial charge in [-0.2, -0.15) is 0 Å². The maximum absolute atomic E-state index is 12.0. The van der Waals surface area contributed by atoms with Crippen LogP contribution < -0.4 is 5.32 Å². The average molecular weight is 403 g/mol. The van der Waals surface area contributed by atoms with Crippen molar-refractivity contribution in [1.29, 1.82) is 0 Å². The Kier molecular flexibility index (Phi) is 5.58. The van der Waals surface area contributed by atoms with Crippen LogP contribution in [-0.2, 0) is 9.53 Å². The number of nitrogens with one attached hydrogen (secondary N) is 1. The molecule has 1 fully saturated rings. The fourth-order valence-corrected chi connectivity index (χ4v) is 2.97. The van der Waals surface area contributed by atoms with Gasteiger partial charge < -0.3 is 15.2 Å². The molecule has 21 heavy (non-hydrogen) atoms. The summed E-state index contributed by atoms with van der Waals surface area (Å²) in [6, 6.07) is 4.96. The summed E-state index contributed by atoms with van der Waals surface area (Å²) in [4.78, 5) is 23.2. The van der Waals surface area contributed by atoms with Crippen molar-refractivity contribution < 1.29 is 19.4 Å². The predicted octanol–water partition coefficient (Wildman–Crippen LogP) is 3.13. The summed E-state index contributed by atoms with van der Waals surface area (Å²) in [6.45, 7) is 2.67. The Morgan fingerprint density at radius 3 is 2.76 bits per heavy atom. The molecule has 5 nitrogen and oxygen atoms in total. The topological polar surface area (TPSA) is 75.6 Å². The zero-order chi connectivity index (χ0) is 15.4. The number of benzene rings is 1. The Morgan fingerprint density at radius 1 is 1.43 bits per heavy atom. The summed E-state index contributed by atoms with van der Waals surface area (Å²) < 4.78 is 6.28. The standard InChI is InChI=1S/C15H18INO4/c1-2-21-11-5-9(6-11)7-14(18)17-13-4-3-10(16)8-12(13)15(19)20/h3-4,8-9,11H,2,5-7H2,1H3,(H,17,18)(H,19,20). The number of hydrogen-bond donors (Lipinski definition) is 2. The van der Waals surface area contributed by atoms with Crippen LogP contribution in [0.3, 0.4) is 0 Å². The molecule has 114 valence electrons. The number of carbonyl (C=O) groups is 2. The Bertz CT molecular complexity index is 540. The van der Waals surface area contributed by atoms with Crippen molar-refractivity contribution in [1.82, 2.24) is 0 Å². The molecule has 0 aromatic heterocycles. The molecule has 2 rings (SSSR count). The maximum atomic E-state index is 12.0. The fourth-order valence-electron chi connectivity index (χ4n) is 2.48. The Morgan fingerprint density at radius 2 is 2.14 bits per heavy atom. The van der Waals surface area contributed by atoms with E-state index < -0.39 is 5.97 Å². The second-order valence-corrected chi connectivity index (χ2v) is 6.41. The van der Waals surface area contributed by atoms with E-state index in [0.717, 1.165) is 16.4 Å². The Hall–Kier alpha value is -1.15. The van der Waals surface area contributed by atoms with E-state index in [1.807, 2.05) is 29.5 Å². The van der Waals surface area contributed by atoms with Crippen LogP contribution in [0.25, 0.3) is 0 Å². The molecule has 0 radical (unpaired) electrons. The molecular weight excluding hydrogens is 385 g/mol. The van der Waals surface area contributed by atoms with Gasteiger partial charge in [0, 0.05) is 16.6 Å². The fraction of sp³-hybridized carbons (Fsp3) is 0.467. The lowest BCUT2D eigenvalue weighted by atomic mass is 9.80. The number of carboxylic acids is 1. The lowest BCUT2D eigenvalue weighted by molar-refractivity contribution is -0.119. The van der Waals surface area contributed by atoms with E-state index in [4.69, 9.17) is 9.84 Å². The van der Waals surface area contributed by atoms with E-state index in [9.17, 15) is 9.59 Å². The van der Waals surface area contributed by atoms with Crippen molar-refractivity contribution in [3.8, 4) is 0 Å². The zero-order valence-corrected chi connectivity index (χ0v) is 13.9. The molecule has 0 aliphatic heterocycles. The lowest BCUT2D eigenvalue weighted by Crippen LogP contribution is -2.34. The van der Waals surface area contributed by atoms with Gasteiger partial charge >= 0.3 is 5.97 Å². The number of anilines is 1. The average Bonchev–Trinajstić information content (AvgIpc) is 2.38. The molecule has 2 N–H and O–H groups in total. The maximum Gasteiger partial charge on any atom is 0.337 e. The summed E-state index contributed by atoms with van der Waals surface area (Å²) in [5.74, 6) is -0.846. The number of carboxylic acid groups (broad SMARTS) is 1. The monoisotopic (exact) mass is 403 g/mol. The normalized spacial score (nSPS) is 20.7. The third-order valence-electron chi connectivity index (χ3n) is 3.56. The molecule has 1 amide bonds. The van der Waals surface area contributed by atoms with E-state index in [2.05, 4.69) is 5.32 Å². The highest BCUT2D eigenvalue weighted by atomic mass is 127. The third-order valence-corrected chi connectivity index (χ3v) is 4.23. The first kappa shape index (κ1) is 16.2. The Labute approximate surface area is 137 Å². The number of carbonyl (C=O) groups excluding carboxylic acids is 1. The summed E-state index contributed by atoms with van der Waals surface area (Å²) in [5, 5.41) is 11.9. The minimum Gasteiger partial charge on any atom is -0.478 e. The van der Waals surface area contributed by atoms with Crippen molar-refractivity contribution >= 4 is 40.2 Å². The van der Waals surface area contributed by atoms with E-state index in [-0.39, 0.29) is 17.6 Å². The number of rotatable bonds is 6. The van der Waals surface area contributed by atoms with Crippen LogP contribution >= 0.6 is 22.6 Å². The van der Waals surface area contributed by atoms with Gasteiger partial charge in [-0.15, -0.1) is 0 Å². The number of aromatic carboxylic acids is 1. The first-order valence-electron chi connectivity index (χ1n) is 6.94. The van der Waals surface area contributed by atoms with Gasteiger partial charge in [-0.05, 0) is 66.5 Å². The van der Waals surface area contributed by atoms with E-state index >= 15 is 0 Å². The van der Waals surface area contributed by atoms with Crippen LogP contribution in [0.5, 0.6) is 0 Å². The van der Waals surface area contributed by atoms with E-state index in [1.165, 1.54) is 0 Å². The molecule has 0 unspecified atom stereocenters. The minimum atomic E-state index is -1.04. The van der Waals surface area contributed by atoms with Crippen molar-refractivity contribution in [3.63, 3.8) is 0 Å². The highest BCUT2D eigenvalue weighted by molar-refractivity contribution is 14.1. The summed E-state index contributed by atoms with van der Waals surface area (Å²) in [7, 11) is 0. The van der Waals surface area contributed by atoms with Gasteiger partial charge in [0.15, 0.2) is 0 Å². The molecule has 1 aromatic rings. The number of ether oxygens (including phenoxy) is 1. The van der Waals surface area contributed by atoms with Crippen molar-refractivity contribution in [2.24, 2.45) is 5.92 Å². The van der Waals surface area contributed by atoms with Gasteiger partial charge in [0.2, 0.25) is 5.91 Å². The van der Waals surface area contributed by atoms with Gasteiger partial charge in [-0.25, -0.2) is 4.79 Å². The third kappa shape index (κ3) is 4.41. The van der Waals surface area contributed by atoms with Crippen LogP contribution in [-0.4, -0.2) is 29.7 Å². The number of hydrogen-bond acceptors (Lipinski definition) is 3. The molecule has 6 heteroatoms. The lowest BCUT2D eigenvalue weighted by Gasteiger charge is -2.34. The molecule has 1 aliphatic rings. The highest BCUT2D eigenvalue weighted by Gasteiger charge is 2.31. The van der Waals surface area contributed by atoms with Gasteiger partial charge in [-0.3, -0.25) is 4.79 Å². The molecule has 0 spiro atoms. The van der Waals surface area contributed by atoms with Crippen LogP contribution in [0.4, 0.5) is 5.69 Å². The Balaban J connectivity index is 1.90. The SMILES string of the molecule is CCOC1CC(CC(=O)Nc2ccc(I)cc2C(=O)O)C1. The van der Waals surface area contributed by atoms with Gasteiger partial charge in [0.05, 0.1) is 17.4 Å². The number of amides is 1. The van der Waals surface area contributed by atoms with Crippen LogP contribution in [0.1, 0.15) is 36.5 Å². The summed E-state index contributed by atoms with van der Waals surface area (Å²) in [6.07, 6.45) is 2.49. The smallest absolute Gasteiger partial charge is 0.337 e. The summed E-state index contributed by atoms with van der Waals surface area (Å²) >= 11 is 2.04. The largest absolute Gasteiger partial charge is 0.478 e. The minimum absolute atomic E-state index is 0.121. The van der Waals surface area contributed by atoms with E-state index in [0.29, 0.717) is 24.6 Å². The molecule has 0 bridgehead atoms. The van der Waals surface area contributed by atoms with E-state index in [1.54, 1.807) is 18.2 Å². The molecule has 0 atom stereocenters. The quantitative estimate of drug-likeness (QED) is 0.716. The van der Waals surface area contributed by atoms with Crippen LogP contribution in [0, 0.1) is 9.49 Å². The predicted molar refractivity (Wildman–Crippen MR) is 87.5 cm³/mol. The van der Waals surface area contributed by atoms with Crippen molar-refractivity contribution in [2.75, 3.05) is 11.9 Å². The van der Waals surface area contributed by atoms with Gasteiger partial charge in [0.1, 0.15) is 0 Å². The molecule has 1 aliphatic carbocycles. The van der Waals surface area contributed by atoms with Crippen molar-refractivity contribution in [3.05, 3.63) is 27.3 Å². The molecular formula is C15H18INO4. The van der Waals surface area contributed by atoms with Crippen molar-refractivity contribution in [2.45, 2.75) is 32.3 Å². The first-order chi connectivity index (χ1) is 9.99. The molecule has 0 heterocycles. The van der Waals surface area contributed by atoms with Crippen LogP contribution in [0.15, 0.2) is 18.2 Å². The second-order valence-electron chi connectivity index (χ2n) is 5.16. The summed E-state index contributed by atoms with van der Waals surface area (Å²) in [5.41, 5.74) is 0.477. The first-order valence-corrected chi connectivity index (χ1v) is 8.01. The molecule has 1 saturated carbocycles. The highest BCUT2D eigenvalue weighted by Crippen LogP contribution is 2.33. The number of halogens is 1. The zero-order valence-electron chi connectivity index (χ0n) is 11.8. The van der Waals surface area contributed by atoms with Crippen LogP contribution in [0.2, 0.25) is 0 Å². The molecule has 1 aromatic carbocycles.